The van der Waals surface area contributed by atoms with Gasteiger partial charge in [-0.1, -0.05) is 63.4 Å². The first-order valence-electron chi connectivity index (χ1n) is 15.1. The summed E-state index contributed by atoms with van der Waals surface area (Å²) in [7, 11) is 0. The lowest BCUT2D eigenvalue weighted by Gasteiger charge is -2.38. The van der Waals surface area contributed by atoms with Gasteiger partial charge in [0.05, 0.1) is 12.5 Å². The van der Waals surface area contributed by atoms with Crippen LogP contribution in [-0.4, -0.2) is 63.1 Å². The molecule has 4 aromatic rings. The van der Waals surface area contributed by atoms with Gasteiger partial charge in [0, 0.05) is 69.3 Å². The molecule has 3 atom stereocenters. The summed E-state index contributed by atoms with van der Waals surface area (Å²) < 4.78 is -0.217. The number of likely N-dealkylation sites (tertiary alicyclic amines) is 2. The molecule has 6 rings (SSSR count). The summed E-state index contributed by atoms with van der Waals surface area (Å²) in [6, 6.07) is 20.7. The molecule has 2 aliphatic rings. The third-order valence-electron chi connectivity index (χ3n) is 8.56. The molecule has 0 saturated carbocycles. The Morgan fingerprint density at radius 1 is 1.11 bits per heavy atom. The highest BCUT2D eigenvalue weighted by Gasteiger charge is 2.60. The molecular formula is C34H35BrClN5O3S. The summed E-state index contributed by atoms with van der Waals surface area (Å²) in [6.45, 7) is 5.63. The monoisotopic (exact) mass is 707 g/mol. The van der Waals surface area contributed by atoms with Crippen molar-refractivity contribution in [2.24, 2.45) is 0 Å². The third kappa shape index (κ3) is 6.46. The van der Waals surface area contributed by atoms with Crippen LogP contribution < -0.4 is 10.6 Å². The number of aryl methyl sites for hydroxylation is 1. The van der Waals surface area contributed by atoms with Gasteiger partial charge in [0.2, 0.25) is 11.8 Å². The minimum Gasteiger partial charge on any atom is -0.361 e. The first-order valence-corrected chi connectivity index (χ1v) is 17.1. The molecule has 11 heteroatoms. The highest BCUT2D eigenvalue weighted by atomic mass is 79.9. The van der Waals surface area contributed by atoms with Crippen LogP contribution in [0.15, 0.2) is 82.3 Å². The number of aromatic amines is 1. The fraction of sp³-hybridized carbons (Fsp3) is 0.324. The minimum absolute atomic E-state index is 0.0384. The summed E-state index contributed by atoms with van der Waals surface area (Å²) in [5.74, 6) is -0.191. The molecule has 45 heavy (non-hydrogen) atoms. The van der Waals surface area contributed by atoms with Crippen molar-refractivity contribution >= 4 is 68.0 Å². The maximum absolute atomic E-state index is 15.0. The van der Waals surface area contributed by atoms with Gasteiger partial charge in [0.25, 0.3) is 0 Å². The normalized spacial score (nSPS) is 21.5. The third-order valence-corrected chi connectivity index (χ3v) is 10.7. The Bertz CT molecular complexity index is 1730. The van der Waals surface area contributed by atoms with Gasteiger partial charge >= 0.3 is 6.03 Å². The minimum atomic E-state index is -1.17. The zero-order chi connectivity index (χ0) is 31.7. The van der Waals surface area contributed by atoms with Gasteiger partial charge in [0.1, 0.15) is 4.75 Å². The van der Waals surface area contributed by atoms with Gasteiger partial charge < -0.3 is 25.4 Å². The standard InChI is InChI=1S/C34H35BrClN5O3S/c1-3-37-33(44)39-25-14-15-40(20-25)32(43)34(45-26-11-4-21(2)5-12-26)17-30(42)41(19-22-6-8-23(35)9-7-22)31(34)28-18-38-29-16-24(36)10-13-27(28)29/h4-13,16,18,25,31,38H,3,14-15,17,19-20H2,1-2H3,(H2,37,39,44)/t25-,31-,34-/m0/s1. The molecule has 0 aliphatic carbocycles. The smallest absolute Gasteiger partial charge is 0.315 e. The Hall–Kier alpha value is -3.47. The van der Waals surface area contributed by atoms with E-state index in [0.717, 1.165) is 37.0 Å². The molecular weight excluding hydrogens is 674 g/mol. The number of nitrogens with one attached hydrogen (secondary N) is 3. The first kappa shape index (κ1) is 31.5. The molecule has 3 aromatic carbocycles. The SMILES string of the molecule is CCNC(=O)N[C@H]1CCN(C(=O)[C@]2(Sc3ccc(C)cc3)CC(=O)N(Cc3ccc(Br)cc3)[C@H]2c2c[nH]c3cc(Cl)ccc23)C1. The highest BCUT2D eigenvalue weighted by molar-refractivity contribution is 9.10. The number of hydrogen-bond acceptors (Lipinski definition) is 4. The molecule has 234 valence electrons. The largest absolute Gasteiger partial charge is 0.361 e. The second-order valence-corrected chi connectivity index (χ2v) is 14.5. The van der Waals surface area contributed by atoms with Crippen LogP contribution in [0.25, 0.3) is 10.9 Å². The van der Waals surface area contributed by atoms with Crippen molar-refractivity contribution in [2.45, 2.75) is 55.0 Å². The molecule has 8 nitrogen and oxygen atoms in total. The molecule has 0 radical (unpaired) electrons. The number of halogens is 2. The van der Waals surface area contributed by atoms with Crippen LogP contribution in [-0.2, 0) is 16.1 Å². The van der Waals surface area contributed by atoms with E-state index in [1.54, 1.807) is 0 Å². The van der Waals surface area contributed by atoms with Gasteiger partial charge in [-0.3, -0.25) is 9.59 Å². The van der Waals surface area contributed by atoms with Crippen LogP contribution in [0.1, 0.15) is 42.5 Å². The fourth-order valence-electron chi connectivity index (χ4n) is 6.42. The number of amides is 4. The number of hydrogen-bond donors (Lipinski definition) is 3. The number of thioether (sulfide) groups is 1. The predicted molar refractivity (Wildman–Crippen MR) is 182 cm³/mol. The molecule has 3 N–H and O–H groups in total. The molecule has 3 heterocycles. The average molecular weight is 709 g/mol. The molecule has 2 saturated heterocycles. The highest BCUT2D eigenvalue weighted by Crippen LogP contribution is 2.55. The molecule has 2 aliphatic heterocycles. The lowest BCUT2D eigenvalue weighted by atomic mass is 9.90. The number of urea groups is 1. The number of H-pyrrole nitrogens is 1. The quantitative estimate of drug-likeness (QED) is 0.187. The number of nitrogens with zero attached hydrogens (tertiary/aromatic N) is 2. The average Bonchev–Trinajstić information content (AvgIpc) is 3.71. The zero-order valence-electron chi connectivity index (χ0n) is 25.1. The van der Waals surface area contributed by atoms with Crippen LogP contribution in [0.2, 0.25) is 5.02 Å². The summed E-state index contributed by atoms with van der Waals surface area (Å²) in [6.07, 6.45) is 2.59. The second-order valence-electron chi connectivity index (χ2n) is 11.7. The summed E-state index contributed by atoms with van der Waals surface area (Å²) in [4.78, 5) is 49.5. The van der Waals surface area contributed by atoms with Crippen LogP contribution in [0.5, 0.6) is 0 Å². The van der Waals surface area contributed by atoms with Gasteiger partial charge in [-0.2, -0.15) is 0 Å². The number of rotatable bonds is 8. The van der Waals surface area contributed by atoms with Gasteiger partial charge in [-0.25, -0.2) is 4.79 Å². The molecule has 0 bridgehead atoms. The van der Waals surface area contributed by atoms with Crippen molar-refractivity contribution in [3.63, 3.8) is 0 Å². The Kier molecular flexibility index (Phi) is 9.17. The molecule has 2 fully saturated rings. The van der Waals surface area contributed by atoms with Crippen LogP contribution >= 0.6 is 39.3 Å². The van der Waals surface area contributed by atoms with E-state index in [-0.39, 0.29) is 30.3 Å². The predicted octanol–water partition coefficient (Wildman–Crippen LogP) is 6.82. The Labute approximate surface area is 280 Å². The second kappa shape index (κ2) is 13.1. The van der Waals surface area contributed by atoms with Crippen molar-refractivity contribution in [1.82, 2.24) is 25.4 Å². The van der Waals surface area contributed by atoms with Crippen molar-refractivity contribution in [3.05, 3.63) is 99.1 Å². The number of carbonyl (C=O) groups excluding carboxylic acids is 3. The molecule has 0 unspecified atom stereocenters. The van der Waals surface area contributed by atoms with E-state index in [9.17, 15) is 9.59 Å². The summed E-state index contributed by atoms with van der Waals surface area (Å²) in [5, 5.41) is 7.29. The Morgan fingerprint density at radius 3 is 2.60 bits per heavy atom. The zero-order valence-corrected chi connectivity index (χ0v) is 28.3. The lowest BCUT2D eigenvalue weighted by Crippen LogP contribution is -2.50. The van der Waals surface area contributed by atoms with Crippen LogP contribution in [0, 0.1) is 6.92 Å². The topological polar surface area (TPSA) is 97.5 Å². The number of carbonyl (C=O) groups is 3. The van der Waals surface area contributed by atoms with Gasteiger partial charge in [0.15, 0.2) is 0 Å². The van der Waals surface area contributed by atoms with Gasteiger partial charge in [-0.05, 0) is 62.2 Å². The van der Waals surface area contributed by atoms with Crippen molar-refractivity contribution in [3.8, 4) is 0 Å². The Morgan fingerprint density at radius 2 is 1.87 bits per heavy atom. The van der Waals surface area contributed by atoms with Gasteiger partial charge in [-0.15, -0.1) is 11.8 Å². The number of fused-ring (bicyclic) bond motifs is 1. The molecule has 4 amide bonds. The summed E-state index contributed by atoms with van der Waals surface area (Å²) in [5.41, 5.74) is 3.79. The molecule has 0 spiro atoms. The van der Waals surface area contributed by atoms with E-state index in [2.05, 4.69) is 31.5 Å². The van der Waals surface area contributed by atoms with E-state index in [1.807, 2.05) is 96.6 Å². The van der Waals surface area contributed by atoms with Crippen molar-refractivity contribution < 1.29 is 14.4 Å². The number of aromatic nitrogens is 1. The fourth-order valence-corrected chi connectivity index (χ4v) is 8.33. The van der Waals surface area contributed by atoms with Crippen molar-refractivity contribution in [1.29, 1.82) is 0 Å². The van der Waals surface area contributed by atoms with Crippen LogP contribution in [0.3, 0.4) is 0 Å². The maximum Gasteiger partial charge on any atom is 0.315 e. The summed E-state index contributed by atoms with van der Waals surface area (Å²) >= 11 is 11.3. The van der Waals surface area contributed by atoms with E-state index in [0.29, 0.717) is 37.6 Å². The molecule has 1 aromatic heterocycles. The maximum atomic E-state index is 15.0. The lowest BCUT2D eigenvalue weighted by molar-refractivity contribution is -0.133. The van der Waals surface area contributed by atoms with E-state index >= 15 is 4.79 Å². The Balaban J connectivity index is 1.46. The number of benzene rings is 3. The van der Waals surface area contributed by atoms with Crippen LogP contribution in [0.4, 0.5) is 4.79 Å². The first-order chi connectivity index (χ1) is 21.7. The van der Waals surface area contributed by atoms with E-state index in [1.165, 1.54) is 11.8 Å². The van der Waals surface area contributed by atoms with E-state index < -0.39 is 10.8 Å². The van der Waals surface area contributed by atoms with E-state index in [4.69, 9.17) is 11.6 Å². The van der Waals surface area contributed by atoms with Crippen molar-refractivity contribution in [2.75, 3.05) is 19.6 Å².